The van der Waals surface area contributed by atoms with E-state index in [1.165, 1.54) is 5.01 Å². The Morgan fingerprint density at radius 1 is 1.43 bits per heavy atom. The van der Waals surface area contributed by atoms with Crippen molar-refractivity contribution in [3.63, 3.8) is 0 Å². The van der Waals surface area contributed by atoms with Crippen LogP contribution < -0.4 is 0 Å². The summed E-state index contributed by atoms with van der Waals surface area (Å²) in [7, 11) is 0. The van der Waals surface area contributed by atoms with Gasteiger partial charge in [-0.1, -0.05) is 18.2 Å². The zero-order chi connectivity index (χ0) is 14.8. The third kappa shape index (κ3) is 2.80. The van der Waals surface area contributed by atoms with Crippen molar-refractivity contribution in [3.05, 3.63) is 52.2 Å². The van der Waals surface area contributed by atoms with Crippen molar-refractivity contribution < 1.29 is 9.90 Å². The van der Waals surface area contributed by atoms with Crippen LogP contribution in [0.25, 0.3) is 0 Å². The first-order valence-electron chi connectivity index (χ1n) is 6.47. The van der Waals surface area contributed by atoms with Gasteiger partial charge in [0, 0.05) is 6.42 Å². The summed E-state index contributed by atoms with van der Waals surface area (Å²) >= 11 is 7.27. The Bertz CT molecular complexity index is 685. The first-order chi connectivity index (χ1) is 10.2. The van der Waals surface area contributed by atoms with Crippen molar-refractivity contribution in [1.29, 1.82) is 0 Å². The lowest BCUT2D eigenvalue weighted by molar-refractivity contribution is -0.130. The van der Waals surface area contributed by atoms with Gasteiger partial charge in [-0.05, 0) is 29.1 Å². The number of carbonyl (C=O) groups excluding carboxylic acids is 1. The van der Waals surface area contributed by atoms with Crippen LogP contribution in [-0.2, 0) is 4.79 Å². The lowest BCUT2D eigenvalue weighted by Gasteiger charge is -2.21. The molecular formula is C15H13ClN2O2S. The number of amides is 1. The highest BCUT2D eigenvalue weighted by Crippen LogP contribution is 2.34. The highest BCUT2D eigenvalue weighted by Gasteiger charge is 2.33. The molecule has 21 heavy (non-hydrogen) atoms. The standard InChI is InChI=1S/C15H13ClN2O2S/c16-9-15(20)18-13(10-3-1-4-11(19)7-10)8-12(17-18)14-5-2-6-21-14/h1-7,13,19H,8-9H2. The summed E-state index contributed by atoms with van der Waals surface area (Å²) in [6.07, 6.45) is 0.618. The van der Waals surface area contributed by atoms with Crippen molar-refractivity contribution in [2.75, 3.05) is 5.88 Å². The molecule has 1 N–H and O–H groups in total. The SMILES string of the molecule is O=C(CCl)N1N=C(c2cccs2)CC1c1cccc(O)c1. The molecule has 108 valence electrons. The van der Waals surface area contributed by atoms with E-state index in [0.717, 1.165) is 16.2 Å². The average Bonchev–Trinajstić information content (AvgIpc) is 3.15. The van der Waals surface area contributed by atoms with Crippen LogP contribution in [0, 0.1) is 0 Å². The molecule has 6 heteroatoms. The summed E-state index contributed by atoms with van der Waals surface area (Å²) in [4.78, 5) is 13.1. The molecule has 0 saturated heterocycles. The second-order valence-corrected chi connectivity index (χ2v) is 5.93. The molecule has 1 amide bonds. The number of alkyl halides is 1. The van der Waals surface area contributed by atoms with E-state index in [4.69, 9.17) is 11.6 Å². The zero-order valence-corrected chi connectivity index (χ0v) is 12.6. The van der Waals surface area contributed by atoms with Gasteiger partial charge in [-0.3, -0.25) is 4.79 Å². The minimum absolute atomic E-state index is 0.115. The number of rotatable bonds is 3. The molecule has 0 aliphatic carbocycles. The summed E-state index contributed by atoms with van der Waals surface area (Å²) in [6, 6.07) is 10.6. The Kier molecular flexibility index (Phi) is 3.94. The van der Waals surface area contributed by atoms with Crippen molar-refractivity contribution in [3.8, 4) is 5.75 Å². The summed E-state index contributed by atoms with van der Waals surface area (Å²) in [5.74, 6) is -0.178. The fraction of sp³-hybridized carbons (Fsp3) is 0.200. The van der Waals surface area contributed by atoms with Gasteiger partial charge in [-0.15, -0.1) is 22.9 Å². The highest BCUT2D eigenvalue weighted by atomic mass is 35.5. The van der Waals surface area contributed by atoms with Crippen molar-refractivity contribution >= 4 is 34.6 Å². The lowest BCUT2D eigenvalue weighted by atomic mass is 10.0. The number of phenols is 1. The molecule has 2 aromatic rings. The van der Waals surface area contributed by atoms with Gasteiger partial charge >= 0.3 is 0 Å². The van der Waals surface area contributed by atoms with Gasteiger partial charge in [0.25, 0.3) is 5.91 Å². The van der Waals surface area contributed by atoms with E-state index < -0.39 is 0 Å². The third-order valence-electron chi connectivity index (χ3n) is 3.34. The van der Waals surface area contributed by atoms with Crippen LogP contribution in [0.2, 0.25) is 0 Å². The van der Waals surface area contributed by atoms with E-state index >= 15 is 0 Å². The third-order valence-corrected chi connectivity index (χ3v) is 4.49. The molecule has 1 unspecified atom stereocenters. The molecule has 0 spiro atoms. The van der Waals surface area contributed by atoms with Gasteiger partial charge in [-0.25, -0.2) is 5.01 Å². The number of benzene rings is 1. The normalized spacial score (nSPS) is 17.9. The largest absolute Gasteiger partial charge is 0.508 e. The second-order valence-electron chi connectivity index (χ2n) is 4.71. The number of hydrogen-bond acceptors (Lipinski definition) is 4. The zero-order valence-electron chi connectivity index (χ0n) is 11.1. The number of phenolic OH excluding ortho intramolecular Hbond substituents is 1. The van der Waals surface area contributed by atoms with Gasteiger partial charge in [0.2, 0.25) is 0 Å². The number of aromatic hydroxyl groups is 1. The number of nitrogens with zero attached hydrogens (tertiary/aromatic N) is 2. The average molecular weight is 321 g/mol. The van der Waals surface area contributed by atoms with E-state index in [1.807, 2.05) is 23.6 Å². The van der Waals surface area contributed by atoms with Crippen LogP contribution in [0.5, 0.6) is 5.75 Å². The minimum Gasteiger partial charge on any atom is -0.508 e. The van der Waals surface area contributed by atoms with Crippen molar-refractivity contribution in [1.82, 2.24) is 5.01 Å². The molecular weight excluding hydrogens is 308 g/mol. The van der Waals surface area contributed by atoms with Crippen LogP contribution in [0.15, 0.2) is 46.9 Å². The van der Waals surface area contributed by atoms with Crippen LogP contribution >= 0.6 is 22.9 Å². The number of hydrazone groups is 1. The minimum atomic E-state index is -0.239. The van der Waals surface area contributed by atoms with Crippen molar-refractivity contribution in [2.24, 2.45) is 5.10 Å². The second kappa shape index (κ2) is 5.87. The highest BCUT2D eigenvalue weighted by molar-refractivity contribution is 7.12. The fourth-order valence-corrected chi connectivity index (χ4v) is 3.23. The van der Waals surface area contributed by atoms with Gasteiger partial charge in [0.05, 0.1) is 16.6 Å². The van der Waals surface area contributed by atoms with Crippen LogP contribution in [0.1, 0.15) is 22.9 Å². The molecule has 0 fully saturated rings. The number of carbonyl (C=O) groups is 1. The van der Waals surface area contributed by atoms with E-state index in [0.29, 0.717) is 6.42 Å². The molecule has 4 nitrogen and oxygen atoms in total. The first kappa shape index (κ1) is 14.1. The predicted octanol–water partition coefficient (Wildman–Crippen LogP) is 3.37. The molecule has 1 aromatic heterocycles. The Morgan fingerprint density at radius 2 is 2.29 bits per heavy atom. The molecule has 1 aromatic carbocycles. The number of hydrogen-bond donors (Lipinski definition) is 1. The van der Waals surface area contributed by atoms with Gasteiger partial charge in [0.15, 0.2) is 0 Å². The summed E-state index contributed by atoms with van der Waals surface area (Å²) in [6.45, 7) is 0. The maximum Gasteiger partial charge on any atom is 0.258 e. The first-order valence-corrected chi connectivity index (χ1v) is 7.89. The quantitative estimate of drug-likeness (QED) is 0.882. The van der Waals surface area contributed by atoms with Crippen LogP contribution in [0.3, 0.4) is 0 Å². The molecule has 2 heterocycles. The molecule has 0 bridgehead atoms. The maximum absolute atomic E-state index is 12.0. The fourth-order valence-electron chi connectivity index (χ4n) is 2.38. The monoisotopic (exact) mass is 320 g/mol. The molecule has 0 radical (unpaired) electrons. The summed E-state index contributed by atoms with van der Waals surface area (Å²) < 4.78 is 0. The molecule has 1 aliphatic heterocycles. The van der Waals surface area contributed by atoms with Crippen molar-refractivity contribution in [2.45, 2.75) is 12.5 Å². The Labute approximate surface area is 131 Å². The van der Waals surface area contributed by atoms with Gasteiger partial charge in [-0.2, -0.15) is 5.10 Å². The molecule has 1 aliphatic rings. The van der Waals surface area contributed by atoms with E-state index in [9.17, 15) is 9.90 Å². The molecule has 0 saturated carbocycles. The summed E-state index contributed by atoms with van der Waals surface area (Å²) in [5.41, 5.74) is 1.72. The Morgan fingerprint density at radius 3 is 2.95 bits per heavy atom. The predicted molar refractivity (Wildman–Crippen MR) is 83.9 cm³/mol. The van der Waals surface area contributed by atoms with E-state index in [2.05, 4.69) is 5.10 Å². The molecule has 3 rings (SSSR count). The lowest BCUT2D eigenvalue weighted by Crippen LogP contribution is -2.27. The topological polar surface area (TPSA) is 52.9 Å². The van der Waals surface area contributed by atoms with E-state index in [1.54, 1.807) is 29.5 Å². The summed E-state index contributed by atoms with van der Waals surface area (Å²) in [5, 5.41) is 17.5. The van der Waals surface area contributed by atoms with Gasteiger partial charge < -0.3 is 5.11 Å². The Hall–Kier alpha value is -1.85. The van der Waals surface area contributed by atoms with E-state index in [-0.39, 0.29) is 23.6 Å². The number of thiophene rings is 1. The molecule has 1 atom stereocenters. The van der Waals surface area contributed by atoms with Crippen LogP contribution in [0.4, 0.5) is 0 Å². The smallest absolute Gasteiger partial charge is 0.258 e. The van der Waals surface area contributed by atoms with Gasteiger partial charge in [0.1, 0.15) is 11.6 Å². The number of halogens is 1. The van der Waals surface area contributed by atoms with Crippen LogP contribution in [-0.4, -0.2) is 27.6 Å². The maximum atomic E-state index is 12.0. The Balaban J connectivity index is 1.95.